The van der Waals surface area contributed by atoms with Crippen LogP contribution in [0, 0.1) is 34.3 Å². The van der Waals surface area contributed by atoms with E-state index in [4.69, 9.17) is 15.6 Å². The van der Waals surface area contributed by atoms with E-state index in [1.807, 2.05) is 6.07 Å². The van der Waals surface area contributed by atoms with Gasteiger partial charge in [-0.2, -0.15) is 10.5 Å². The second-order valence-corrected chi connectivity index (χ2v) is 9.26. The van der Waals surface area contributed by atoms with Crippen molar-refractivity contribution < 1.29 is 18.6 Å². The van der Waals surface area contributed by atoms with Crippen LogP contribution in [0.5, 0.6) is 5.75 Å². The molecular formula is C25H18F2N6O2S2. The first-order chi connectivity index (χ1) is 17.9. The summed E-state index contributed by atoms with van der Waals surface area (Å²) in [5, 5.41) is 34.1. The molecule has 37 heavy (non-hydrogen) atoms. The Labute approximate surface area is 219 Å². The summed E-state index contributed by atoms with van der Waals surface area (Å²) in [7, 11) is 0. The van der Waals surface area contributed by atoms with Crippen molar-refractivity contribution in [2.24, 2.45) is 0 Å². The van der Waals surface area contributed by atoms with Crippen molar-refractivity contribution in [3.8, 4) is 29.0 Å². The normalized spacial score (nSPS) is 10.5. The third kappa shape index (κ3) is 5.95. The number of nitrogens with zero attached hydrogens (tertiary/aromatic N) is 4. The van der Waals surface area contributed by atoms with Gasteiger partial charge in [0, 0.05) is 28.5 Å². The number of aliphatic hydroxyl groups excluding tert-OH is 1. The number of nitrogens with two attached hydrogens (primary N) is 1. The maximum absolute atomic E-state index is 13.5. The minimum Gasteiger partial charge on any atom is -0.491 e. The molecule has 0 bridgehead atoms. The SMILES string of the molecule is N#Cc1c(N)nc(SCc2csc(Nc3ccc(F)c(F)c3)n2)c(C#N)c1-c1ccc(OCCO)cc1. The lowest BCUT2D eigenvalue weighted by atomic mass is 9.97. The highest BCUT2D eigenvalue weighted by Gasteiger charge is 2.21. The maximum atomic E-state index is 13.5. The Bertz CT molecular complexity index is 1510. The number of nitrogens with one attached hydrogen (secondary N) is 1. The summed E-state index contributed by atoms with van der Waals surface area (Å²) in [5.74, 6) is -1.03. The van der Waals surface area contributed by atoms with Crippen LogP contribution in [0.15, 0.2) is 52.9 Å². The van der Waals surface area contributed by atoms with Crippen LogP contribution in [-0.2, 0) is 5.75 Å². The lowest BCUT2D eigenvalue weighted by Gasteiger charge is -2.13. The first kappa shape index (κ1) is 25.9. The van der Waals surface area contributed by atoms with Gasteiger partial charge in [0.25, 0.3) is 0 Å². The zero-order valence-corrected chi connectivity index (χ0v) is 20.7. The Morgan fingerprint density at radius 3 is 2.49 bits per heavy atom. The van der Waals surface area contributed by atoms with Crippen molar-refractivity contribution in [3.05, 3.63) is 76.3 Å². The molecule has 8 nitrogen and oxygen atoms in total. The van der Waals surface area contributed by atoms with E-state index in [0.717, 1.165) is 12.1 Å². The number of halogens is 2. The Morgan fingerprint density at radius 2 is 1.81 bits per heavy atom. The number of rotatable bonds is 9. The van der Waals surface area contributed by atoms with Gasteiger partial charge in [0.15, 0.2) is 16.8 Å². The first-order valence-electron chi connectivity index (χ1n) is 10.7. The maximum Gasteiger partial charge on any atom is 0.187 e. The van der Waals surface area contributed by atoms with Gasteiger partial charge in [0.2, 0.25) is 0 Å². The highest BCUT2D eigenvalue weighted by molar-refractivity contribution is 7.98. The molecule has 2 aromatic heterocycles. The molecule has 0 saturated carbocycles. The zero-order valence-electron chi connectivity index (χ0n) is 19.0. The molecule has 0 spiro atoms. The van der Waals surface area contributed by atoms with Crippen LogP contribution in [0.2, 0.25) is 0 Å². The molecule has 4 rings (SSSR count). The molecule has 0 radical (unpaired) electrons. The average Bonchev–Trinajstić information content (AvgIpc) is 3.35. The van der Waals surface area contributed by atoms with Gasteiger partial charge in [-0.25, -0.2) is 18.7 Å². The summed E-state index contributed by atoms with van der Waals surface area (Å²) in [4.78, 5) is 8.74. The predicted molar refractivity (Wildman–Crippen MR) is 137 cm³/mol. The lowest BCUT2D eigenvalue weighted by Crippen LogP contribution is -2.04. The molecule has 0 aliphatic carbocycles. The lowest BCUT2D eigenvalue weighted by molar-refractivity contribution is 0.201. The average molecular weight is 537 g/mol. The predicted octanol–water partition coefficient (Wildman–Crippen LogP) is 5.22. The second kappa shape index (κ2) is 11.7. The number of aliphatic hydroxyl groups is 1. The second-order valence-electron chi connectivity index (χ2n) is 7.43. The number of aromatic nitrogens is 2. The van der Waals surface area contributed by atoms with Crippen LogP contribution in [-0.4, -0.2) is 28.3 Å². The number of anilines is 3. The van der Waals surface area contributed by atoms with Gasteiger partial charge in [0.05, 0.1) is 17.9 Å². The summed E-state index contributed by atoms with van der Waals surface area (Å²) in [6.45, 7) is 0.0194. The molecule has 0 fully saturated rings. The van der Waals surface area contributed by atoms with E-state index in [1.165, 1.54) is 29.2 Å². The largest absolute Gasteiger partial charge is 0.491 e. The smallest absolute Gasteiger partial charge is 0.187 e. The fourth-order valence-electron chi connectivity index (χ4n) is 3.34. The van der Waals surface area contributed by atoms with E-state index in [9.17, 15) is 19.3 Å². The number of thioether (sulfide) groups is 1. The van der Waals surface area contributed by atoms with Crippen molar-refractivity contribution in [3.63, 3.8) is 0 Å². The van der Waals surface area contributed by atoms with Gasteiger partial charge in [-0.3, -0.25) is 0 Å². The topological polar surface area (TPSA) is 141 Å². The van der Waals surface area contributed by atoms with Crippen molar-refractivity contribution in [2.75, 3.05) is 24.3 Å². The van der Waals surface area contributed by atoms with Crippen LogP contribution >= 0.6 is 23.1 Å². The van der Waals surface area contributed by atoms with Gasteiger partial charge < -0.3 is 20.9 Å². The Balaban J connectivity index is 1.57. The minimum absolute atomic E-state index is 0.00132. The molecule has 12 heteroatoms. The standard InChI is InChI=1S/C25H18F2N6O2S2/c26-20-6-3-15(9-21(20)27)31-25-32-16(13-37-25)12-36-24-19(11-29)22(18(10-28)23(30)33-24)14-1-4-17(5-2-14)35-8-7-34/h1-6,9,13,34H,7-8,12H2,(H2,30,33)(H,31,32). The fourth-order valence-corrected chi connectivity index (χ4v) is 5.07. The molecule has 2 heterocycles. The molecular weight excluding hydrogens is 518 g/mol. The molecule has 0 amide bonds. The molecule has 4 aromatic rings. The van der Waals surface area contributed by atoms with E-state index >= 15 is 0 Å². The number of benzene rings is 2. The number of hydrogen-bond acceptors (Lipinski definition) is 10. The van der Waals surface area contributed by atoms with Crippen molar-refractivity contribution in [1.82, 2.24) is 9.97 Å². The van der Waals surface area contributed by atoms with Crippen LogP contribution in [0.25, 0.3) is 11.1 Å². The van der Waals surface area contributed by atoms with E-state index in [0.29, 0.717) is 44.2 Å². The van der Waals surface area contributed by atoms with Crippen LogP contribution < -0.4 is 15.8 Å². The number of nitriles is 2. The minimum atomic E-state index is -0.964. The first-order valence-corrected chi connectivity index (χ1v) is 12.6. The number of ether oxygens (including phenoxy) is 1. The van der Waals surface area contributed by atoms with Gasteiger partial charge in [-0.1, -0.05) is 23.9 Å². The number of nitrogen functional groups attached to an aromatic ring is 1. The molecule has 0 saturated heterocycles. The Kier molecular flexibility index (Phi) is 8.15. The van der Waals surface area contributed by atoms with Gasteiger partial charge in [-0.05, 0) is 29.8 Å². The Hall–Kier alpha value is -4.23. The van der Waals surface area contributed by atoms with Crippen LogP contribution in [0.1, 0.15) is 16.8 Å². The molecule has 0 aliphatic rings. The molecule has 186 valence electrons. The Morgan fingerprint density at radius 1 is 1.05 bits per heavy atom. The van der Waals surface area contributed by atoms with E-state index in [1.54, 1.807) is 29.6 Å². The summed E-state index contributed by atoms with van der Waals surface area (Å²) in [6, 6.07) is 14.4. The zero-order chi connectivity index (χ0) is 26.4. The molecule has 0 atom stereocenters. The highest BCUT2D eigenvalue weighted by atomic mass is 32.2. The molecule has 0 aliphatic heterocycles. The number of pyridine rings is 1. The summed E-state index contributed by atoms with van der Waals surface area (Å²) in [5.41, 5.74) is 8.36. The fraction of sp³-hybridized carbons (Fsp3) is 0.120. The third-order valence-electron chi connectivity index (χ3n) is 5.00. The third-order valence-corrected chi connectivity index (χ3v) is 6.81. The summed E-state index contributed by atoms with van der Waals surface area (Å²) >= 11 is 2.52. The highest BCUT2D eigenvalue weighted by Crippen LogP contribution is 2.37. The molecule has 2 aromatic carbocycles. The van der Waals surface area contributed by atoms with E-state index < -0.39 is 11.6 Å². The summed E-state index contributed by atoms with van der Waals surface area (Å²) in [6.07, 6.45) is 0. The van der Waals surface area contributed by atoms with Crippen molar-refractivity contribution >= 4 is 39.7 Å². The van der Waals surface area contributed by atoms with Crippen molar-refractivity contribution in [2.45, 2.75) is 10.8 Å². The molecule has 4 N–H and O–H groups in total. The summed E-state index contributed by atoms with van der Waals surface area (Å²) < 4.78 is 32.0. The number of thiazole rings is 1. The van der Waals surface area contributed by atoms with Gasteiger partial charge in [0.1, 0.15) is 40.9 Å². The van der Waals surface area contributed by atoms with Gasteiger partial charge in [-0.15, -0.1) is 11.3 Å². The van der Waals surface area contributed by atoms with Crippen LogP contribution in [0.3, 0.4) is 0 Å². The van der Waals surface area contributed by atoms with E-state index in [-0.39, 0.29) is 30.2 Å². The van der Waals surface area contributed by atoms with Gasteiger partial charge >= 0.3 is 0 Å². The monoisotopic (exact) mass is 536 g/mol. The van der Waals surface area contributed by atoms with E-state index in [2.05, 4.69) is 21.4 Å². The quantitative estimate of drug-likeness (QED) is 0.246. The van der Waals surface area contributed by atoms with Crippen LogP contribution in [0.4, 0.5) is 25.4 Å². The number of hydrogen-bond donors (Lipinski definition) is 3. The van der Waals surface area contributed by atoms with Crippen molar-refractivity contribution in [1.29, 1.82) is 10.5 Å². The molecule has 0 unspecified atom stereocenters.